The predicted octanol–water partition coefficient (Wildman–Crippen LogP) is 1.45. The summed E-state index contributed by atoms with van der Waals surface area (Å²) >= 11 is 5.99. The van der Waals surface area contributed by atoms with Gasteiger partial charge in [-0.1, -0.05) is 35.9 Å². The maximum Gasteiger partial charge on any atom is 0.256 e. The Labute approximate surface area is 115 Å². The Morgan fingerprint density at radius 2 is 1.95 bits per heavy atom. The molecular formula is C13H12ClN3O2. The zero-order valence-corrected chi connectivity index (χ0v) is 11.0. The molecule has 1 heterocycles. The van der Waals surface area contributed by atoms with Crippen LogP contribution in [0.1, 0.15) is 10.4 Å². The molecule has 0 aliphatic heterocycles. The van der Waals surface area contributed by atoms with E-state index in [9.17, 15) is 9.59 Å². The van der Waals surface area contributed by atoms with Gasteiger partial charge in [-0.3, -0.25) is 9.59 Å². The zero-order chi connectivity index (χ0) is 14.0. The smallest absolute Gasteiger partial charge is 0.256 e. The molecule has 0 aliphatic rings. The minimum absolute atomic E-state index is 0.143. The van der Waals surface area contributed by atoms with Crippen LogP contribution in [-0.4, -0.2) is 35.3 Å². The number of fused-ring (bicyclic) bond motifs is 1. The average molecular weight is 278 g/mol. The largest absolute Gasteiger partial charge is 0.368 e. The van der Waals surface area contributed by atoms with E-state index in [2.05, 4.69) is 4.98 Å². The number of hydrogen-bond donors (Lipinski definition) is 1. The van der Waals surface area contributed by atoms with Gasteiger partial charge >= 0.3 is 0 Å². The number of primary amides is 1. The number of amides is 2. The topological polar surface area (TPSA) is 76.3 Å². The molecule has 0 radical (unpaired) electrons. The van der Waals surface area contributed by atoms with Crippen LogP contribution in [0.4, 0.5) is 0 Å². The summed E-state index contributed by atoms with van der Waals surface area (Å²) in [7, 11) is 1.51. The lowest BCUT2D eigenvalue weighted by atomic mass is 10.1. The minimum Gasteiger partial charge on any atom is -0.368 e. The number of aromatic nitrogens is 1. The summed E-state index contributed by atoms with van der Waals surface area (Å²) in [5, 5.41) is 1.73. The van der Waals surface area contributed by atoms with Gasteiger partial charge in [0.25, 0.3) is 5.91 Å². The molecule has 2 rings (SSSR count). The lowest BCUT2D eigenvalue weighted by Gasteiger charge is -2.16. The molecule has 1 aromatic heterocycles. The fraction of sp³-hybridized carbons (Fsp3) is 0.154. The Hall–Kier alpha value is -2.14. The van der Waals surface area contributed by atoms with Gasteiger partial charge in [0.2, 0.25) is 5.91 Å². The molecule has 2 amide bonds. The molecule has 98 valence electrons. The standard InChI is InChI=1S/C13H12ClN3O2/c1-17(7-11(15)18)13(19)10-6-16-12(14)9-5-3-2-4-8(9)10/h2-6H,7H2,1H3,(H2,15,18). The Morgan fingerprint density at radius 3 is 2.58 bits per heavy atom. The first-order valence-electron chi connectivity index (χ1n) is 5.57. The Balaban J connectivity index is 2.48. The summed E-state index contributed by atoms with van der Waals surface area (Å²) in [6, 6.07) is 7.20. The molecule has 2 N–H and O–H groups in total. The molecule has 6 heteroatoms. The first-order chi connectivity index (χ1) is 9.00. The van der Waals surface area contributed by atoms with Crippen LogP contribution in [0.5, 0.6) is 0 Å². The lowest BCUT2D eigenvalue weighted by molar-refractivity contribution is -0.118. The van der Waals surface area contributed by atoms with Gasteiger partial charge in [-0.2, -0.15) is 0 Å². The molecule has 0 unspecified atom stereocenters. The van der Waals surface area contributed by atoms with Crippen molar-refractivity contribution in [1.29, 1.82) is 0 Å². The molecule has 1 aromatic carbocycles. The summed E-state index contributed by atoms with van der Waals surface area (Å²) in [5.41, 5.74) is 5.47. The summed E-state index contributed by atoms with van der Waals surface area (Å²) in [6.45, 7) is -0.143. The third-order valence-electron chi connectivity index (χ3n) is 2.72. The average Bonchev–Trinajstić information content (AvgIpc) is 2.38. The van der Waals surface area contributed by atoms with Gasteiger partial charge in [0.15, 0.2) is 0 Å². The van der Waals surface area contributed by atoms with E-state index in [-0.39, 0.29) is 12.5 Å². The first kappa shape index (κ1) is 13.3. The fourth-order valence-electron chi connectivity index (χ4n) is 1.84. The van der Waals surface area contributed by atoms with Crippen molar-refractivity contribution in [1.82, 2.24) is 9.88 Å². The third-order valence-corrected chi connectivity index (χ3v) is 3.02. The van der Waals surface area contributed by atoms with Crippen LogP contribution in [0, 0.1) is 0 Å². The van der Waals surface area contributed by atoms with E-state index >= 15 is 0 Å². The zero-order valence-electron chi connectivity index (χ0n) is 10.3. The molecule has 0 saturated carbocycles. The van der Waals surface area contributed by atoms with E-state index in [0.29, 0.717) is 21.5 Å². The molecule has 0 bridgehead atoms. The van der Waals surface area contributed by atoms with Crippen molar-refractivity contribution in [3.8, 4) is 0 Å². The van der Waals surface area contributed by atoms with Gasteiger partial charge in [-0.05, 0) is 5.39 Å². The number of pyridine rings is 1. The third kappa shape index (κ3) is 2.66. The summed E-state index contributed by atoms with van der Waals surface area (Å²) in [5.74, 6) is -0.888. The molecular weight excluding hydrogens is 266 g/mol. The Kier molecular flexibility index (Phi) is 3.66. The van der Waals surface area contributed by atoms with Gasteiger partial charge in [0, 0.05) is 18.6 Å². The number of hydrogen-bond acceptors (Lipinski definition) is 3. The number of carbonyl (C=O) groups excluding carboxylic acids is 2. The normalized spacial score (nSPS) is 10.4. The van der Waals surface area contributed by atoms with Crippen LogP contribution in [0.2, 0.25) is 5.15 Å². The van der Waals surface area contributed by atoms with Crippen LogP contribution >= 0.6 is 11.6 Å². The van der Waals surface area contributed by atoms with Gasteiger partial charge in [-0.25, -0.2) is 4.98 Å². The molecule has 2 aromatic rings. The van der Waals surface area contributed by atoms with Gasteiger partial charge in [0.05, 0.1) is 12.1 Å². The molecule has 0 atom stereocenters. The van der Waals surface area contributed by atoms with E-state index in [4.69, 9.17) is 17.3 Å². The Bertz CT molecular complexity index is 657. The lowest BCUT2D eigenvalue weighted by Crippen LogP contribution is -2.35. The number of halogens is 1. The summed E-state index contributed by atoms with van der Waals surface area (Å²) < 4.78 is 0. The van der Waals surface area contributed by atoms with E-state index in [1.807, 2.05) is 12.1 Å². The van der Waals surface area contributed by atoms with E-state index in [0.717, 1.165) is 0 Å². The predicted molar refractivity (Wildman–Crippen MR) is 72.9 cm³/mol. The van der Waals surface area contributed by atoms with Gasteiger partial charge < -0.3 is 10.6 Å². The molecule has 0 saturated heterocycles. The molecule has 0 spiro atoms. The second-order valence-electron chi connectivity index (χ2n) is 4.14. The Morgan fingerprint density at radius 1 is 1.32 bits per heavy atom. The number of rotatable bonds is 3. The molecule has 0 aliphatic carbocycles. The number of nitrogens with two attached hydrogens (primary N) is 1. The van der Waals surface area contributed by atoms with Gasteiger partial charge in [-0.15, -0.1) is 0 Å². The van der Waals surface area contributed by atoms with Crippen molar-refractivity contribution >= 4 is 34.2 Å². The highest BCUT2D eigenvalue weighted by molar-refractivity contribution is 6.34. The van der Waals surface area contributed by atoms with Crippen LogP contribution in [0.3, 0.4) is 0 Å². The quantitative estimate of drug-likeness (QED) is 0.863. The second kappa shape index (κ2) is 5.24. The van der Waals surface area contributed by atoms with Crippen LogP contribution in [0.15, 0.2) is 30.5 Å². The van der Waals surface area contributed by atoms with Crippen molar-refractivity contribution in [3.63, 3.8) is 0 Å². The number of carbonyl (C=O) groups is 2. The van der Waals surface area contributed by atoms with E-state index in [1.165, 1.54) is 18.1 Å². The summed E-state index contributed by atoms with van der Waals surface area (Å²) in [4.78, 5) is 28.3. The maximum absolute atomic E-state index is 12.2. The minimum atomic E-state index is -0.568. The highest BCUT2D eigenvalue weighted by Crippen LogP contribution is 2.24. The number of likely N-dealkylation sites (N-methyl/N-ethyl adjacent to an activating group) is 1. The second-order valence-corrected chi connectivity index (χ2v) is 4.49. The van der Waals surface area contributed by atoms with Crippen LogP contribution in [-0.2, 0) is 4.79 Å². The van der Waals surface area contributed by atoms with Crippen molar-refractivity contribution in [2.24, 2.45) is 5.73 Å². The summed E-state index contributed by atoms with van der Waals surface area (Å²) in [6.07, 6.45) is 1.41. The fourth-order valence-corrected chi connectivity index (χ4v) is 2.05. The number of nitrogens with zero attached hydrogens (tertiary/aromatic N) is 2. The maximum atomic E-state index is 12.2. The van der Waals surface area contributed by atoms with E-state index < -0.39 is 5.91 Å². The van der Waals surface area contributed by atoms with Crippen molar-refractivity contribution < 1.29 is 9.59 Å². The van der Waals surface area contributed by atoms with Crippen molar-refractivity contribution in [3.05, 3.63) is 41.2 Å². The van der Waals surface area contributed by atoms with Crippen LogP contribution in [0.25, 0.3) is 10.8 Å². The molecule has 5 nitrogen and oxygen atoms in total. The highest BCUT2D eigenvalue weighted by Gasteiger charge is 2.17. The first-order valence-corrected chi connectivity index (χ1v) is 5.95. The van der Waals surface area contributed by atoms with E-state index in [1.54, 1.807) is 12.1 Å². The molecule has 0 fully saturated rings. The van der Waals surface area contributed by atoms with Gasteiger partial charge in [0.1, 0.15) is 5.15 Å². The van der Waals surface area contributed by atoms with Crippen molar-refractivity contribution in [2.45, 2.75) is 0 Å². The monoisotopic (exact) mass is 277 g/mol. The number of benzene rings is 1. The molecule has 19 heavy (non-hydrogen) atoms. The van der Waals surface area contributed by atoms with Crippen LogP contribution < -0.4 is 5.73 Å². The SMILES string of the molecule is CN(CC(N)=O)C(=O)c1cnc(Cl)c2ccccc12. The highest BCUT2D eigenvalue weighted by atomic mass is 35.5. The van der Waals surface area contributed by atoms with Crippen molar-refractivity contribution in [2.75, 3.05) is 13.6 Å².